The molecule has 0 fully saturated rings. The van der Waals surface area contributed by atoms with E-state index in [1.54, 1.807) is 38.1 Å². The Labute approximate surface area is 189 Å². The van der Waals surface area contributed by atoms with Crippen LogP contribution in [0.1, 0.15) is 36.8 Å². The van der Waals surface area contributed by atoms with E-state index in [0.717, 1.165) is 23.1 Å². The molecule has 0 radical (unpaired) electrons. The summed E-state index contributed by atoms with van der Waals surface area (Å²) in [7, 11) is 0. The largest absolute Gasteiger partial charge is 0.451 e. The van der Waals surface area contributed by atoms with E-state index in [9.17, 15) is 26.3 Å². The summed E-state index contributed by atoms with van der Waals surface area (Å²) in [6, 6.07) is 11.8. The molecule has 4 aromatic rings. The molecule has 4 aromatic heterocycles. The normalized spacial score (nSPS) is 12.7. The summed E-state index contributed by atoms with van der Waals surface area (Å²) in [6.07, 6.45) is -7.11. The Bertz CT molecular complexity index is 1330. The topological polar surface area (TPSA) is 69.4 Å². The van der Waals surface area contributed by atoms with Crippen molar-refractivity contribution >= 4 is 0 Å². The van der Waals surface area contributed by atoms with Crippen LogP contribution >= 0.6 is 0 Å². The van der Waals surface area contributed by atoms with Gasteiger partial charge in [-0.05, 0) is 50.2 Å². The van der Waals surface area contributed by atoms with Gasteiger partial charge in [0.1, 0.15) is 0 Å². The van der Waals surface area contributed by atoms with Crippen LogP contribution in [0.2, 0.25) is 0 Å². The molecular weight excluding hydrogens is 462 g/mol. The summed E-state index contributed by atoms with van der Waals surface area (Å²) in [6.45, 7) is 3.58. The fourth-order valence-corrected chi connectivity index (χ4v) is 3.20. The molecule has 0 amide bonds. The summed E-state index contributed by atoms with van der Waals surface area (Å²) in [5.41, 5.74) is -0.757. The zero-order valence-electron chi connectivity index (χ0n) is 17.7. The van der Waals surface area contributed by atoms with Crippen molar-refractivity contribution in [1.82, 2.24) is 29.7 Å². The molecule has 0 aliphatic heterocycles. The minimum atomic E-state index is -4.70. The second-order valence-corrected chi connectivity index (χ2v) is 7.82. The minimum absolute atomic E-state index is 0.00194. The smallest absolute Gasteiger partial charge is 0.250 e. The number of nitrogens with zero attached hydrogens (tertiary/aromatic N) is 6. The third kappa shape index (κ3) is 4.61. The predicted octanol–water partition coefficient (Wildman–Crippen LogP) is 5.48. The highest BCUT2D eigenvalue weighted by molar-refractivity contribution is 5.54. The average molecular weight is 478 g/mol. The first-order valence-electron chi connectivity index (χ1n) is 9.84. The van der Waals surface area contributed by atoms with Crippen molar-refractivity contribution in [1.29, 1.82) is 0 Å². The van der Waals surface area contributed by atoms with Crippen LogP contribution in [-0.2, 0) is 17.8 Å². The standard InChI is InChI=1S/C22H16F6N6/c1-20(2,16-7-4-8-18(32-16)34-12-10-17(33-34)21(23,24)25)15-6-3-5-13(30-15)14-9-11-29-19(31-14)22(26,27)28/h3-12H,1-2H3. The van der Waals surface area contributed by atoms with Crippen LogP contribution in [0.3, 0.4) is 0 Å². The molecule has 4 rings (SSSR count). The third-order valence-corrected chi connectivity index (χ3v) is 5.05. The second-order valence-electron chi connectivity index (χ2n) is 7.82. The van der Waals surface area contributed by atoms with Gasteiger partial charge >= 0.3 is 12.4 Å². The van der Waals surface area contributed by atoms with Gasteiger partial charge in [0.15, 0.2) is 11.5 Å². The van der Waals surface area contributed by atoms with Crippen LogP contribution in [0.25, 0.3) is 17.2 Å². The van der Waals surface area contributed by atoms with Gasteiger partial charge in [-0.15, -0.1) is 0 Å². The molecule has 0 aliphatic carbocycles. The lowest BCUT2D eigenvalue weighted by Gasteiger charge is -2.24. The Balaban J connectivity index is 1.70. The number of pyridine rings is 2. The third-order valence-electron chi connectivity index (χ3n) is 5.05. The average Bonchev–Trinajstić information content (AvgIpc) is 3.30. The molecule has 0 aromatic carbocycles. The van der Waals surface area contributed by atoms with Crippen LogP contribution in [0.15, 0.2) is 60.9 Å². The zero-order valence-corrected chi connectivity index (χ0v) is 17.7. The van der Waals surface area contributed by atoms with Gasteiger partial charge < -0.3 is 0 Å². The predicted molar refractivity (Wildman–Crippen MR) is 109 cm³/mol. The molecule has 6 nitrogen and oxygen atoms in total. The van der Waals surface area contributed by atoms with Crippen molar-refractivity contribution in [3.8, 4) is 17.2 Å². The van der Waals surface area contributed by atoms with Gasteiger partial charge in [0.25, 0.3) is 0 Å². The Morgan fingerprint density at radius 2 is 1.32 bits per heavy atom. The lowest BCUT2D eigenvalue weighted by molar-refractivity contribution is -0.145. The van der Waals surface area contributed by atoms with Crippen LogP contribution in [0.5, 0.6) is 0 Å². The van der Waals surface area contributed by atoms with Gasteiger partial charge in [-0.25, -0.2) is 19.6 Å². The first-order chi connectivity index (χ1) is 15.9. The minimum Gasteiger partial charge on any atom is -0.250 e. The Morgan fingerprint density at radius 3 is 1.97 bits per heavy atom. The molecule has 0 atom stereocenters. The van der Waals surface area contributed by atoms with Crippen molar-refractivity contribution in [2.24, 2.45) is 0 Å². The highest BCUT2D eigenvalue weighted by Crippen LogP contribution is 2.32. The molecule has 12 heteroatoms. The lowest BCUT2D eigenvalue weighted by atomic mass is 9.84. The molecule has 0 spiro atoms. The molecular formula is C22H16F6N6. The van der Waals surface area contributed by atoms with Crippen molar-refractivity contribution in [2.75, 3.05) is 0 Å². The molecule has 0 aliphatic rings. The summed E-state index contributed by atoms with van der Waals surface area (Å²) in [5, 5.41) is 3.54. The molecule has 0 bridgehead atoms. The van der Waals surface area contributed by atoms with Crippen molar-refractivity contribution < 1.29 is 26.3 Å². The van der Waals surface area contributed by atoms with Crippen LogP contribution in [0, 0.1) is 0 Å². The van der Waals surface area contributed by atoms with E-state index in [-0.39, 0.29) is 17.2 Å². The highest BCUT2D eigenvalue weighted by atomic mass is 19.4. The van der Waals surface area contributed by atoms with E-state index in [1.165, 1.54) is 18.2 Å². The first-order valence-corrected chi connectivity index (χ1v) is 9.84. The molecule has 0 N–H and O–H groups in total. The van der Waals surface area contributed by atoms with Crippen molar-refractivity contribution in [3.63, 3.8) is 0 Å². The lowest BCUT2D eigenvalue weighted by Crippen LogP contribution is -2.23. The molecule has 4 heterocycles. The number of halogens is 6. The number of hydrogen-bond acceptors (Lipinski definition) is 5. The van der Waals surface area contributed by atoms with Gasteiger partial charge in [-0.2, -0.15) is 31.4 Å². The van der Waals surface area contributed by atoms with E-state index in [4.69, 9.17) is 0 Å². The number of rotatable bonds is 4. The zero-order chi connectivity index (χ0) is 24.7. The number of alkyl halides is 6. The van der Waals surface area contributed by atoms with E-state index in [2.05, 4.69) is 25.0 Å². The van der Waals surface area contributed by atoms with E-state index in [0.29, 0.717) is 11.4 Å². The van der Waals surface area contributed by atoms with Gasteiger partial charge in [0.2, 0.25) is 5.82 Å². The highest BCUT2D eigenvalue weighted by Gasteiger charge is 2.35. The first kappa shape index (κ1) is 23.3. The van der Waals surface area contributed by atoms with Crippen LogP contribution < -0.4 is 0 Å². The molecule has 0 saturated carbocycles. The Hall–Kier alpha value is -3.83. The van der Waals surface area contributed by atoms with Crippen molar-refractivity contribution in [3.05, 3.63) is 83.8 Å². The fourth-order valence-electron chi connectivity index (χ4n) is 3.20. The Kier molecular flexibility index (Phi) is 5.62. The molecule has 34 heavy (non-hydrogen) atoms. The molecule has 0 unspecified atom stereocenters. The van der Waals surface area contributed by atoms with E-state index < -0.39 is 29.3 Å². The Morgan fingerprint density at radius 1 is 0.676 bits per heavy atom. The fraction of sp³-hybridized carbons (Fsp3) is 0.227. The summed E-state index contributed by atoms with van der Waals surface area (Å²) < 4.78 is 78.7. The maximum absolute atomic E-state index is 13.0. The van der Waals surface area contributed by atoms with Crippen LogP contribution in [-0.4, -0.2) is 29.7 Å². The van der Waals surface area contributed by atoms with Crippen molar-refractivity contribution in [2.45, 2.75) is 31.6 Å². The van der Waals surface area contributed by atoms with E-state index in [1.807, 2.05) is 0 Å². The number of hydrogen-bond donors (Lipinski definition) is 0. The summed E-state index contributed by atoms with van der Waals surface area (Å²) in [5.74, 6) is -1.11. The maximum Gasteiger partial charge on any atom is 0.451 e. The monoisotopic (exact) mass is 478 g/mol. The molecule has 176 valence electrons. The van der Waals surface area contributed by atoms with Gasteiger partial charge in [0, 0.05) is 17.8 Å². The van der Waals surface area contributed by atoms with Crippen LogP contribution in [0.4, 0.5) is 26.3 Å². The number of aromatic nitrogens is 6. The summed E-state index contributed by atoms with van der Waals surface area (Å²) in [4.78, 5) is 15.8. The van der Waals surface area contributed by atoms with Gasteiger partial charge in [-0.1, -0.05) is 12.1 Å². The quantitative estimate of drug-likeness (QED) is 0.363. The maximum atomic E-state index is 13.0. The SMILES string of the molecule is CC(C)(c1cccc(-c2ccnc(C(F)(F)F)n2)n1)c1cccc(-n2ccc(C(F)(F)F)n2)n1. The summed E-state index contributed by atoms with van der Waals surface area (Å²) >= 11 is 0. The van der Waals surface area contributed by atoms with E-state index >= 15 is 0 Å². The van der Waals surface area contributed by atoms with Gasteiger partial charge in [0.05, 0.1) is 22.8 Å². The van der Waals surface area contributed by atoms with Gasteiger partial charge in [-0.3, -0.25) is 4.98 Å². The second kappa shape index (κ2) is 8.19. The molecule has 0 saturated heterocycles.